The monoisotopic (exact) mass is 315 g/mol. The lowest BCUT2D eigenvalue weighted by atomic mass is 10.1. The largest absolute Gasteiger partial charge is 0.493 e. The summed E-state index contributed by atoms with van der Waals surface area (Å²) in [6.45, 7) is 2.78. The van der Waals surface area contributed by atoms with Gasteiger partial charge in [-0.15, -0.1) is 0 Å². The van der Waals surface area contributed by atoms with Gasteiger partial charge in [0.25, 0.3) is 0 Å². The van der Waals surface area contributed by atoms with Gasteiger partial charge in [0.2, 0.25) is 0 Å². The zero-order chi connectivity index (χ0) is 15.9. The van der Waals surface area contributed by atoms with Crippen LogP contribution in [-0.2, 0) is 16.3 Å². The van der Waals surface area contributed by atoms with Crippen molar-refractivity contribution in [2.75, 3.05) is 32.8 Å². The van der Waals surface area contributed by atoms with Gasteiger partial charge in [-0.2, -0.15) is 0 Å². The summed E-state index contributed by atoms with van der Waals surface area (Å²) in [6.07, 6.45) is 2.74. The Kier molecular flexibility index (Phi) is 6.98. The van der Waals surface area contributed by atoms with E-state index in [1.54, 1.807) is 14.2 Å². The van der Waals surface area contributed by atoms with Crippen molar-refractivity contribution in [2.45, 2.75) is 25.8 Å². The minimum absolute atomic E-state index is 0.225. The third kappa shape index (κ3) is 6.82. The molecule has 1 aromatic rings. The van der Waals surface area contributed by atoms with E-state index in [2.05, 4.69) is 12.2 Å². The van der Waals surface area contributed by atoms with Crippen LogP contribution in [0.4, 0.5) is 0 Å². The minimum Gasteiger partial charge on any atom is -0.493 e. The van der Waals surface area contributed by atoms with Gasteiger partial charge >= 0.3 is 0 Å². The number of nitrogens with one attached hydrogen (secondary N) is 1. The van der Waals surface area contributed by atoms with Crippen LogP contribution in [0.15, 0.2) is 18.2 Å². The summed E-state index contributed by atoms with van der Waals surface area (Å²) in [5.74, 6) is 1.66. The van der Waals surface area contributed by atoms with Crippen LogP contribution >= 0.6 is 0 Å². The fraction of sp³-hybridized carbons (Fsp3) is 0.600. The molecule has 21 heavy (non-hydrogen) atoms. The molecule has 1 rings (SSSR count). The number of hydrogen-bond acceptors (Lipinski definition) is 5. The van der Waals surface area contributed by atoms with E-state index in [9.17, 15) is 8.42 Å². The molecule has 1 atom stereocenters. The van der Waals surface area contributed by atoms with Crippen molar-refractivity contribution in [2.24, 2.45) is 0 Å². The molecular formula is C15H25NO4S. The minimum atomic E-state index is -2.87. The molecule has 1 unspecified atom stereocenters. The molecule has 0 amide bonds. The normalized spacial score (nSPS) is 13.0. The summed E-state index contributed by atoms with van der Waals surface area (Å²) in [7, 11) is 0.366. The topological polar surface area (TPSA) is 64.6 Å². The molecule has 0 radical (unpaired) electrons. The number of methoxy groups -OCH3 is 2. The van der Waals surface area contributed by atoms with E-state index in [4.69, 9.17) is 9.47 Å². The van der Waals surface area contributed by atoms with Gasteiger partial charge < -0.3 is 14.8 Å². The molecule has 120 valence electrons. The second-order valence-corrected chi connectivity index (χ2v) is 7.49. The van der Waals surface area contributed by atoms with Crippen LogP contribution in [0.2, 0.25) is 0 Å². The summed E-state index contributed by atoms with van der Waals surface area (Å²) in [4.78, 5) is 0. The van der Waals surface area contributed by atoms with Crippen molar-refractivity contribution in [3.8, 4) is 11.5 Å². The first-order valence-corrected chi connectivity index (χ1v) is 9.03. The Hall–Kier alpha value is -1.27. The Bertz CT molecular complexity index is 543. The maximum atomic E-state index is 11.0. The van der Waals surface area contributed by atoms with Gasteiger partial charge in [0, 0.05) is 12.3 Å². The van der Waals surface area contributed by atoms with E-state index in [0.29, 0.717) is 13.0 Å². The number of rotatable bonds is 9. The number of ether oxygens (including phenoxy) is 2. The van der Waals surface area contributed by atoms with Crippen LogP contribution in [0.1, 0.15) is 18.9 Å². The SMILES string of the molecule is COc1ccc(CC(C)NCCCS(C)(=O)=O)cc1OC. The van der Waals surface area contributed by atoms with Crippen LogP contribution in [0.3, 0.4) is 0 Å². The maximum Gasteiger partial charge on any atom is 0.160 e. The molecule has 0 fully saturated rings. The van der Waals surface area contributed by atoms with Gasteiger partial charge in [0.1, 0.15) is 9.84 Å². The zero-order valence-corrected chi connectivity index (χ0v) is 14.0. The van der Waals surface area contributed by atoms with E-state index >= 15 is 0 Å². The summed E-state index contributed by atoms with van der Waals surface area (Å²) in [5.41, 5.74) is 1.15. The molecule has 6 heteroatoms. The molecule has 0 saturated carbocycles. The molecule has 5 nitrogen and oxygen atoms in total. The first kappa shape index (κ1) is 17.8. The Morgan fingerprint density at radius 1 is 1.19 bits per heavy atom. The van der Waals surface area contributed by atoms with E-state index in [1.807, 2.05) is 18.2 Å². The predicted molar refractivity (Wildman–Crippen MR) is 85.0 cm³/mol. The second kappa shape index (κ2) is 8.24. The van der Waals surface area contributed by atoms with E-state index in [1.165, 1.54) is 6.26 Å². The first-order valence-electron chi connectivity index (χ1n) is 6.97. The van der Waals surface area contributed by atoms with Crippen molar-refractivity contribution in [1.82, 2.24) is 5.32 Å². The molecule has 1 N–H and O–H groups in total. The Balaban J connectivity index is 2.45. The standard InChI is InChI=1S/C15H25NO4S/c1-12(16-8-5-9-21(4,17)18)10-13-6-7-14(19-2)15(11-13)20-3/h6-7,11-12,16H,5,8-10H2,1-4H3. The fourth-order valence-corrected chi connectivity index (χ4v) is 2.78. The van der Waals surface area contributed by atoms with Gasteiger partial charge in [-0.3, -0.25) is 0 Å². The van der Waals surface area contributed by atoms with Crippen LogP contribution in [0.5, 0.6) is 11.5 Å². The van der Waals surface area contributed by atoms with Crippen LogP contribution in [-0.4, -0.2) is 47.2 Å². The van der Waals surface area contributed by atoms with Crippen molar-refractivity contribution < 1.29 is 17.9 Å². The molecule has 0 aliphatic carbocycles. The van der Waals surface area contributed by atoms with Gasteiger partial charge in [0.05, 0.1) is 20.0 Å². The molecule has 0 spiro atoms. The summed E-state index contributed by atoms with van der Waals surface area (Å²) in [5, 5.41) is 3.33. The first-order chi connectivity index (χ1) is 9.85. The maximum absolute atomic E-state index is 11.0. The molecule has 0 aromatic heterocycles. The lowest BCUT2D eigenvalue weighted by Crippen LogP contribution is -2.30. The highest BCUT2D eigenvalue weighted by molar-refractivity contribution is 7.90. The number of sulfone groups is 1. The average molecular weight is 315 g/mol. The quantitative estimate of drug-likeness (QED) is 0.702. The summed E-state index contributed by atoms with van der Waals surface area (Å²) < 4.78 is 32.6. The Morgan fingerprint density at radius 3 is 2.43 bits per heavy atom. The highest BCUT2D eigenvalue weighted by Gasteiger charge is 2.08. The van der Waals surface area contributed by atoms with Gasteiger partial charge in [0.15, 0.2) is 11.5 Å². The van der Waals surface area contributed by atoms with Gasteiger partial charge in [-0.25, -0.2) is 8.42 Å². The Morgan fingerprint density at radius 2 is 1.86 bits per heavy atom. The summed E-state index contributed by atoms with van der Waals surface area (Å²) in [6, 6.07) is 6.14. The highest BCUT2D eigenvalue weighted by atomic mass is 32.2. The smallest absolute Gasteiger partial charge is 0.160 e. The molecule has 1 aromatic carbocycles. The lowest BCUT2D eigenvalue weighted by Gasteiger charge is -2.15. The van der Waals surface area contributed by atoms with Crippen LogP contribution in [0, 0.1) is 0 Å². The fourth-order valence-electron chi connectivity index (χ4n) is 2.12. The molecule has 0 aliphatic rings. The van der Waals surface area contributed by atoms with E-state index < -0.39 is 9.84 Å². The Labute approximate surface area is 127 Å². The second-order valence-electron chi connectivity index (χ2n) is 5.23. The van der Waals surface area contributed by atoms with E-state index in [0.717, 1.165) is 23.5 Å². The summed E-state index contributed by atoms with van der Waals surface area (Å²) >= 11 is 0. The third-order valence-electron chi connectivity index (χ3n) is 3.17. The number of benzene rings is 1. The predicted octanol–water partition coefficient (Wildman–Crippen LogP) is 1.66. The van der Waals surface area contributed by atoms with Crippen molar-refractivity contribution in [1.29, 1.82) is 0 Å². The van der Waals surface area contributed by atoms with Gasteiger partial charge in [-0.05, 0) is 44.0 Å². The van der Waals surface area contributed by atoms with Crippen molar-refractivity contribution >= 4 is 9.84 Å². The van der Waals surface area contributed by atoms with Crippen LogP contribution < -0.4 is 14.8 Å². The molecule has 0 aliphatic heterocycles. The zero-order valence-electron chi connectivity index (χ0n) is 13.2. The lowest BCUT2D eigenvalue weighted by molar-refractivity contribution is 0.354. The van der Waals surface area contributed by atoms with Crippen LogP contribution in [0.25, 0.3) is 0 Å². The molecule has 0 heterocycles. The average Bonchev–Trinajstić information content (AvgIpc) is 2.42. The number of hydrogen-bond donors (Lipinski definition) is 1. The van der Waals surface area contributed by atoms with Crippen molar-refractivity contribution in [3.05, 3.63) is 23.8 Å². The molecule has 0 bridgehead atoms. The van der Waals surface area contributed by atoms with Crippen molar-refractivity contribution in [3.63, 3.8) is 0 Å². The highest BCUT2D eigenvalue weighted by Crippen LogP contribution is 2.27. The molecule has 0 saturated heterocycles. The van der Waals surface area contributed by atoms with E-state index in [-0.39, 0.29) is 11.8 Å². The third-order valence-corrected chi connectivity index (χ3v) is 4.20. The molecular weight excluding hydrogens is 290 g/mol. The van der Waals surface area contributed by atoms with Gasteiger partial charge in [-0.1, -0.05) is 6.07 Å².